The van der Waals surface area contributed by atoms with Crippen LogP contribution in [-0.2, 0) is 21.2 Å². The van der Waals surface area contributed by atoms with Crippen LogP contribution in [-0.4, -0.2) is 43.4 Å². The molecule has 0 unspecified atom stereocenters. The van der Waals surface area contributed by atoms with E-state index in [1.165, 1.54) is 40.6 Å². The maximum atomic E-state index is 12.7. The van der Waals surface area contributed by atoms with Gasteiger partial charge in [-0.15, -0.1) is 0 Å². The molecule has 0 saturated carbocycles. The third-order valence-corrected chi connectivity index (χ3v) is 7.93. The second-order valence-electron chi connectivity index (χ2n) is 8.72. The van der Waals surface area contributed by atoms with Crippen LogP contribution in [0.25, 0.3) is 0 Å². The Morgan fingerprint density at radius 2 is 1.60 bits per heavy atom. The summed E-state index contributed by atoms with van der Waals surface area (Å²) in [6.45, 7) is 3.09. The van der Waals surface area contributed by atoms with Gasteiger partial charge in [-0.1, -0.05) is 50.1 Å². The molecule has 1 aliphatic heterocycles. The van der Waals surface area contributed by atoms with Crippen molar-refractivity contribution in [1.82, 2.24) is 15.2 Å². The highest BCUT2D eigenvalue weighted by atomic mass is 32.2. The Labute approximate surface area is 207 Å². The molecular formula is C26H33N3O5S. The number of Topliss-reactive ketones (excluding diaryl/α,β-unsaturated/α-hetero) is 1. The Morgan fingerprint density at radius 1 is 0.886 bits per heavy atom. The molecule has 3 rings (SSSR count). The van der Waals surface area contributed by atoms with Crippen LogP contribution < -0.4 is 10.9 Å². The van der Waals surface area contributed by atoms with Gasteiger partial charge in [-0.3, -0.25) is 25.2 Å². The van der Waals surface area contributed by atoms with Crippen molar-refractivity contribution in [3.8, 4) is 0 Å². The van der Waals surface area contributed by atoms with Gasteiger partial charge in [0, 0.05) is 37.1 Å². The predicted octanol–water partition coefficient (Wildman–Crippen LogP) is 3.63. The molecule has 2 N–H and O–H groups in total. The van der Waals surface area contributed by atoms with Crippen LogP contribution in [0, 0.1) is 0 Å². The molecule has 0 radical (unpaired) electrons. The molecule has 9 heteroatoms. The summed E-state index contributed by atoms with van der Waals surface area (Å²) in [6, 6.07) is 13.2. The third kappa shape index (κ3) is 7.47. The number of ketones is 1. The first kappa shape index (κ1) is 26.6. The lowest BCUT2D eigenvalue weighted by atomic mass is 10.0. The molecule has 2 amide bonds. The van der Waals surface area contributed by atoms with Crippen molar-refractivity contribution in [2.45, 2.75) is 63.2 Å². The topological polar surface area (TPSA) is 113 Å². The van der Waals surface area contributed by atoms with Crippen LogP contribution in [0.1, 0.15) is 78.1 Å². The zero-order chi connectivity index (χ0) is 25.3. The summed E-state index contributed by atoms with van der Waals surface area (Å²) in [7, 11) is -3.65. The van der Waals surface area contributed by atoms with Crippen LogP contribution >= 0.6 is 0 Å². The average molecular weight is 500 g/mol. The van der Waals surface area contributed by atoms with Gasteiger partial charge in [0.15, 0.2) is 5.78 Å². The number of nitrogens with zero attached hydrogens (tertiary/aromatic N) is 1. The number of sulfonamides is 1. The molecule has 2 aromatic carbocycles. The Kier molecular flexibility index (Phi) is 9.56. The average Bonchev–Trinajstić information content (AvgIpc) is 3.42. The number of hydrogen-bond acceptors (Lipinski definition) is 5. The molecule has 0 spiro atoms. The number of hydrazine groups is 1. The molecule has 0 aliphatic carbocycles. The summed E-state index contributed by atoms with van der Waals surface area (Å²) in [6.07, 6.45) is 6.01. The molecule has 8 nitrogen and oxygen atoms in total. The first-order valence-corrected chi connectivity index (χ1v) is 13.6. The summed E-state index contributed by atoms with van der Waals surface area (Å²) in [5, 5.41) is 0. The normalized spacial score (nSPS) is 14.0. The largest absolute Gasteiger partial charge is 0.294 e. The number of amides is 2. The monoisotopic (exact) mass is 499 g/mol. The van der Waals surface area contributed by atoms with Crippen molar-refractivity contribution in [3.05, 3.63) is 65.2 Å². The lowest BCUT2D eigenvalue weighted by molar-refractivity contribution is -0.121. The molecule has 188 valence electrons. The van der Waals surface area contributed by atoms with Gasteiger partial charge in [0.1, 0.15) is 0 Å². The van der Waals surface area contributed by atoms with Crippen molar-refractivity contribution in [1.29, 1.82) is 0 Å². The first-order chi connectivity index (χ1) is 16.8. The van der Waals surface area contributed by atoms with Gasteiger partial charge >= 0.3 is 0 Å². The second-order valence-corrected chi connectivity index (χ2v) is 10.7. The van der Waals surface area contributed by atoms with E-state index in [0.29, 0.717) is 18.7 Å². The van der Waals surface area contributed by atoms with Crippen molar-refractivity contribution in [2.24, 2.45) is 0 Å². The van der Waals surface area contributed by atoms with Crippen molar-refractivity contribution >= 4 is 27.6 Å². The molecule has 0 atom stereocenters. The highest BCUT2D eigenvalue weighted by Crippen LogP contribution is 2.21. The van der Waals surface area contributed by atoms with E-state index in [0.717, 1.165) is 32.1 Å². The number of aryl methyl sites for hydroxylation is 1. The molecular weight excluding hydrogens is 466 g/mol. The van der Waals surface area contributed by atoms with Crippen molar-refractivity contribution in [3.63, 3.8) is 0 Å². The number of carbonyl (C=O) groups is 3. The SMILES string of the molecule is CCCCCc1ccc(C(=O)CCC(=O)NNC(=O)c2cccc(S(=O)(=O)N3CCCC3)c2)cc1. The van der Waals surface area contributed by atoms with Crippen molar-refractivity contribution in [2.75, 3.05) is 13.1 Å². The van der Waals surface area contributed by atoms with Crippen LogP contribution in [0.4, 0.5) is 0 Å². The maximum Gasteiger partial charge on any atom is 0.269 e. The lowest BCUT2D eigenvalue weighted by Gasteiger charge is -2.16. The molecule has 1 saturated heterocycles. The van der Waals surface area contributed by atoms with E-state index in [-0.39, 0.29) is 29.1 Å². The van der Waals surface area contributed by atoms with Gasteiger partial charge in [-0.05, 0) is 49.4 Å². The standard InChI is InChI=1S/C26H33N3O5S/c1-2-3-4-8-20-11-13-21(14-12-20)24(30)15-16-25(31)27-28-26(32)22-9-7-10-23(19-22)35(33,34)29-17-5-6-18-29/h7,9-14,19H,2-6,8,15-18H2,1H3,(H,27,31)(H,28,32). The van der Waals surface area contributed by atoms with E-state index in [4.69, 9.17) is 0 Å². The van der Waals surface area contributed by atoms with E-state index in [9.17, 15) is 22.8 Å². The fourth-order valence-corrected chi connectivity index (χ4v) is 5.51. The van der Waals surface area contributed by atoms with Crippen LogP contribution in [0.2, 0.25) is 0 Å². The minimum absolute atomic E-state index is 0.0143. The summed E-state index contributed by atoms with van der Waals surface area (Å²) >= 11 is 0. The zero-order valence-corrected chi connectivity index (χ0v) is 20.9. The third-order valence-electron chi connectivity index (χ3n) is 6.04. The number of unbranched alkanes of at least 4 members (excludes halogenated alkanes) is 2. The van der Waals surface area contributed by atoms with Gasteiger partial charge in [0.05, 0.1) is 4.90 Å². The van der Waals surface area contributed by atoms with Gasteiger partial charge in [0.2, 0.25) is 15.9 Å². The zero-order valence-electron chi connectivity index (χ0n) is 20.1. The fraction of sp³-hybridized carbons (Fsp3) is 0.423. The summed E-state index contributed by atoms with van der Waals surface area (Å²) in [4.78, 5) is 37.0. The van der Waals surface area contributed by atoms with Crippen LogP contribution in [0.15, 0.2) is 53.4 Å². The summed E-state index contributed by atoms with van der Waals surface area (Å²) in [5.41, 5.74) is 6.42. The maximum absolute atomic E-state index is 12.7. The number of benzene rings is 2. The Morgan fingerprint density at radius 3 is 2.29 bits per heavy atom. The van der Waals surface area contributed by atoms with E-state index in [1.807, 2.05) is 12.1 Å². The van der Waals surface area contributed by atoms with E-state index in [2.05, 4.69) is 17.8 Å². The van der Waals surface area contributed by atoms with E-state index >= 15 is 0 Å². The number of carbonyl (C=O) groups excluding carboxylic acids is 3. The smallest absolute Gasteiger partial charge is 0.269 e. The van der Waals surface area contributed by atoms with Gasteiger partial charge in [-0.25, -0.2) is 8.42 Å². The van der Waals surface area contributed by atoms with Gasteiger partial charge < -0.3 is 0 Å². The lowest BCUT2D eigenvalue weighted by Crippen LogP contribution is -2.41. The molecule has 35 heavy (non-hydrogen) atoms. The highest BCUT2D eigenvalue weighted by Gasteiger charge is 2.27. The second kappa shape index (κ2) is 12.6. The molecule has 0 bridgehead atoms. The number of rotatable bonds is 11. The predicted molar refractivity (Wildman–Crippen MR) is 133 cm³/mol. The Balaban J connectivity index is 1.46. The van der Waals surface area contributed by atoms with Crippen molar-refractivity contribution < 1.29 is 22.8 Å². The van der Waals surface area contributed by atoms with Gasteiger partial charge in [-0.2, -0.15) is 4.31 Å². The summed E-state index contributed by atoms with van der Waals surface area (Å²) < 4.78 is 26.8. The highest BCUT2D eigenvalue weighted by molar-refractivity contribution is 7.89. The Hall–Kier alpha value is -3.04. The van der Waals surface area contributed by atoms with Crippen LogP contribution in [0.3, 0.4) is 0 Å². The number of nitrogens with one attached hydrogen (secondary N) is 2. The van der Waals surface area contributed by atoms with Crippen LogP contribution in [0.5, 0.6) is 0 Å². The Bertz CT molecular complexity index is 1140. The molecule has 1 aliphatic rings. The molecule has 0 aromatic heterocycles. The molecule has 1 fully saturated rings. The van der Waals surface area contributed by atoms with Gasteiger partial charge in [0.25, 0.3) is 5.91 Å². The minimum Gasteiger partial charge on any atom is -0.294 e. The van der Waals surface area contributed by atoms with E-state index in [1.54, 1.807) is 12.1 Å². The summed E-state index contributed by atoms with van der Waals surface area (Å²) in [5.74, 6) is -1.29. The molecule has 1 heterocycles. The quantitative estimate of drug-likeness (QED) is 0.279. The minimum atomic E-state index is -3.65. The first-order valence-electron chi connectivity index (χ1n) is 12.1. The molecule has 2 aromatic rings. The fourth-order valence-electron chi connectivity index (χ4n) is 3.94. The number of hydrogen-bond donors (Lipinski definition) is 2. The van der Waals surface area contributed by atoms with E-state index < -0.39 is 21.8 Å².